The monoisotopic (exact) mass is 522 g/mol. The maximum Gasteiger partial charge on any atom is 0.259 e. The highest BCUT2D eigenvalue weighted by Crippen LogP contribution is 2.30. The van der Waals surface area contributed by atoms with E-state index in [1.165, 1.54) is 23.4 Å². The number of benzene rings is 3. The second-order valence-electron chi connectivity index (χ2n) is 11.1. The molecule has 39 heavy (non-hydrogen) atoms. The fourth-order valence-corrected chi connectivity index (χ4v) is 5.12. The van der Waals surface area contributed by atoms with Crippen LogP contribution >= 0.6 is 0 Å². The molecular weight excluding hydrogens is 487 g/mol. The molecule has 0 saturated heterocycles. The van der Waals surface area contributed by atoms with E-state index in [1.807, 2.05) is 37.6 Å². The Balaban J connectivity index is 1.37. The zero-order chi connectivity index (χ0) is 27.6. The van der Waals surface area contributed by atoms with Gasteiger partial charge in [-0.05, 0) is 100 Å². The molecule has 0 spiro atoms. The molecule has 0 unspecified atom stereocenters. The number of hydrogen-bond acceptors (Lipinski definition) is 2. The molecule has 0 fully saturated rings. The lowest BCUT2D eigenvalue weighted by molar-refractivity contribution is 0.102. The number of aryl methyl sites for hydroxylation is 3. The summed E-state index contributed by atoms with van der Waals surface area (Å²) in [6.07, 6.45) is 4.85. The standard InChI is InChI=1S/C33H35FN4O/c1-23-20-26-15-18-28(21-30(26)37(23)19-9-8-12-24-10-6-5-7-11-24)36-32(39)29-22-35-38(33(2,3)4)31(29)25-13-16-27(34)17-14-25/h5-7,10-11,13-18,20-22H,8-9,12,19H2,1-4H3,(H,36,39). The molecule has 0 aliphatic rings. The quantitative estimate of drug-likeness (QED) is 0.210. The topological polar surface area (TPSA) is 51.9 Å². The number of carbonyl (C=O) groups excluding carboxylic acids is 1. The molecule has 2 aromatic heterocycles. The largest absolute Gasteiger partial charge is 0.345 e. The van der Waals surface area contributed by atoms with Crippen LogP contribution in [0.1, 0.15) is 55.2 Å². The number of hydrogen-bond donors (Lipinski definition) is 1. The third-order valence-corrected chi connectivity index (χ3v) is 7.08. The van der Waals surface area contributed by atoms with Crippen molar-refractivity contribution >= 4 is 22.5 Å². The molecule has 200 valence electrons. The second kappa shape index (κ2) is 10.9. The van der Waals surface area contributed by atoms with Gasteiger partial charge in [-0.15, -0.1) is 0 Å². The molecule has 3 aromatic carbocycles. The van der Waals surface area contributed by atoms with Crippen LogP contribution in [-0.4, -0.2) is 20.3 Å². The first-order valence-corrected chi connectivity index (χ1v) is 13.5. The van der Waals surface area contributed by atoms with Gasteiger partial charge in [0.2, 0.25) is 0 Å². The average Bonchev–Trinajstić information content (AvgIpc) is 3.49. The van der Waals surface area contributed by atoms with Crippen LogP contribution in [0.3, 0.4) is 0 Å². The van der Waals surface area contributed by atoms with Crippen molar-refractivity contribution in [3.63, 3.8) is 0 Å². The third-order valence-electron chi connectivity index (χ3n) is 7.08. The number of unbranched alkanes of at least 4 members (excludes halogenated alkanes) is 1. The van der Waals surface area contributed by atoms with Gasteiger partial charge in [0, 0.05) is 23.5 Å². The number of anilines is 1. The van der Waals surface area contributed by atoms with Gasteiger partial charge in [-0.1, -0.05) is 36.4 Å². The summed E-state index contributed by atoms with van der Waals surface area (Å²) < 4.78 is 17.8. The van der Waals surface area contributed by atoms with Crippen LogP contribution in [0.4, 0.5) is 10.1 Å². The van der Waals surface area contributed by atoms with Crippen LogP contribution < -0.4 is 5.32 Å². The van der Waals surface area contributed by atoms with E-state index < -0.39 is 0 Å². The van der Waals surface area contributed by atoms with Gasteiger partial charge in [0.15, 0.2) is 0 Å². The van der Waals surface area contributed by atoms with Gasteiger partial charge in [0.1, 0.15) is 5.82 Å². The van der Waals surface area contributed by atoms with Crippen LogP contribution in [0, 0.1) is 12.7 Å². The Hall–Kier alpha value is -4.19. The van der Waals surface area contributed by atoms with Gasteiger partial charge >= 0.3 is 0 Å². The van der Waals surface area contributed by atoms with E-state index in [-0.39, 0.29) is 17.3 Å². The second-order valence-corrected chi connectivity index (χ2v) is 11.1. The normalized spacial score (nSPS) is 11.7. The van der Waals surface area contributed by atoms with Crippen LogP contribution in [0.15, 0.2) is 85.1 Å². The summed E-state index contributed by atoms with van der Waals surface area (Å²) in [6, 6.07) is 25.0. The number of aromatic nitrogens is 3. The molecular formula is C33H35FN4O. The Labute approximate surface area is 229 Å². The predicted molar refractivity (Wildman–Crippen MR) is 157 cm³/mol. The first kappa shape index (κ1) is 26.4. The van der Waals surface area contributed by atoms with Crippen molar-refractivity contribution in [1.82, 2.24) is 14.3 Å². The lowest BCUT2D eigenvalue weighted by Gasteiger charge is -2.23. The number of amides is 1. The molecule has 1 amide bonds. The Kier molecular flexibility index (Phi) is 7.38. The Morgan fingerprint density at radius 1 is 0.949 bits per heavy atom. The lowest BCUT2D eigenvalue weighted by atomic mass is 10.0. The van der Waals surface area contributed by atoms with Crippen LogP contribution in [-0.2, 0) is 18.5 Å². The van der Waals surface area contributed by atoms with Gasteiger partial charge < -0.3 is 9.88 Å². The minimum Gasteiger partial charge on any atom is -0.345 e. The van der Waals surface area contributed by atoms with Crippen molar-refractivity contribution in [2.24, 2.45) is 0 Å². The van der Waals surface area contributed by atoms with E-state index in [4.69, 9.17) is 0 Å². The number of rotatable bonds is 8. The first-order chi connectivity index (χ1) is 18.7. The molecule has 1 N–H and O–H groups in total. The summed E-state index contributed by atoms with van der Waals surface area (Å²) >= 11 is 0. The van der Waals surface area contributed by atoms with Gasteiger partial charge in [-0.25, -0.2) is 4.39 Å². The molecule has 0 bridgehead atoms. The molecule has 5 nitrogen and oxygen atoms in total. The van der Waals surface area contributed by atoms with Crippen molar-refractivity contribution in [3.8, 4) is 11.3 Å². The van der Waals surface area contributed by atoms with Gasteiger partial charge in [0.05, 0.1) is 28.5 Å². The minimum absolute atomic E-state index is 0.248. The first-order valence-electron chi connectivity index (χ1n) is 13.5. The third kappa shape index (κ3) is 5.80. The van der Waals surface area contributed by atoms with Gasteiger partial charge in [0.25, 0.3) is 5.91 Å². The van der Waals surface area contributed by atoms with Crippen molar-refractivity contribution in [2.75, 3.05) is 5.32 Å². The number of carbonyl (C=O) groups is 1. The van der Waals surface area contributed by atoms with Gasteiger partial charge in [-0.2, -0.15) is 5.10 Å². The fraction of sp³-hybridized carbons (Fsp3) is 0.273. The number of halogens is 1. The molecule has 5 aromatic rings. The molecule has 0 radical (unpaired) electrons. The highest BCUT2D eigenvalue weighted by molar-refractivity contribution is 6.08. The number of nitrogens with zero attached hydrogens (tertiary/aromatic N) is 3. The van der Waals surface area contributed by atoms with Crippen molar-refractivity contribution in [1.29, 1.82) is 0 Å². The van der Waals surface area contributed by atoms with Crippen LogP contribution in [0.5, 0.6) is 0 Å². The molecule has 0 saturated carbocycles. The lowest BCUT2D eigenvalue weighted by Crippen LogP contribution is -2.24. The van der Waals surface area contributed by atoms with Crippen LogP contribution in [0.2, 0.25) is 0 Å². The summed E-state index contributed by atoms with van der Waals surface area (Å²) in [5.74, 6) is -0.569. The Morgan fingerprint density at radius 3 is 2.41 bits per heavy atom. The SMILES string of the molecule is Cc1cc2ccc(NC(=O)c3cnn(C(C)(C)C)c3-c3ccc(F)cc3)cc2n1CCCCc1ccccc1. The van der Waals surface area contributed by atoms with E-state index in [0.717, 1.165) is 48.0 Å². The minimum atomic E-state index is -0.361. The number of nitrogens with one attached hydrogen (secondary N) is 1. The smallest absolute Gasteiger partial charge is 0.259 e. The summed E-state index contributed by atoms with van der Waals surface area (Å²) in [5, 5.41) is 8.77. The summed E-state index contributed by atoms with van der Waals surface area (Å²) in [4.78, 5) is 13.5. The fourth-order valence-electron chi connectivity index (χ4n) is 5.12. The predicted octanol–water partition coefficient (Wildman–Crippen LogP) is 7.98. The highest BCUT2D eigenvalue weighted by Gasteiger charge is 2.25. The molecule has 0 atom stereocenters. The van der Waals surface area contributed by atoms with Crippen LogP contribution in [0.25, 0.3) is 22.2 Å². The van der Waals surface area contributed by atoms with Crippen molar-refractivity contribution in [2.45, 2.75) is 59.0 Å². The van der Waals surface area contributed by atoms with E-state index in [0.29, 0.717) is 11.3 Å². The zero-order valence-electron chi connectivity index (χ0n) is 23.0. The summed E-state index contributed by atoms with van der Waals surface area (Å²) in [6.45, 7) is 9.13. The number of fused-ring (bicyclic) bond motifs is 1. The molecule has 5 rings (SSSR count). The maximum atomic E-state index is 13.6. The molecule has 0 aliphatic heterocycles. The Bertz CT molecular complexity index is 1590. The van der Waals surface area contributed by atoms with E-state index >= 15 is 0 Å². The molecule has 0 aliphatic carbocycles. The highest BCUT2D eigenvalue weighted by atomic mass is 19.1. The van der Waals surface area contributed by atoms with Crippen molar-refractivity contribution < 1.29 is 9.18 Å². The van der Waals surface area contributed by atoms with E-state index in [2.05, 4.69) is 64.4 Å². The summed E-state index contributed by atoms with van der Waals surface area (Å²) in [7, 11) is 0. The summed E-state index contributed by atoms with van der Waals surface area (Å²) in [5.41, 5.74) is 5.90. The Morgan fingerprint density at radius 2 is 1.69 bits per heavy atom. The van der Waals surface area contributed by atoms with E-state index in [9.17, 15) is 9.18 Å². The molecule has 2 heterocycles. The average molecular weight is 523 g/mol. The maximum absolute atomic E-state index is 13.6. The zero-order valence-corrected chi connectivity index (χ0v) is 23.0. The molecule has 6 heteroatoms. The van der Waals surface area contributed by atoms with E-state index in [1.54, 1.807) is 18.3 Å². The van der Waals surface area contributed by atoms with Crippen molar-refractivity contribution in [3.05, 3.63) is 108 Å². The van der Waals surface area contributed by atoms with Gasteiger partial charge in [-0.3, -0.25) is 9.48 Å².